The summed E-state index contributed by atoms with van der Waals surface area (Å²) in [5.41, 5.74) is 8.16. The van der Waals surface area contributed by atoms with Crippen molar-refractivity contribution in [2.45, 2.75) is 48.7 Å². The molecule has 3 aromatic carbocycles. The topological polar surface area (TPSA) is 305 Å². The number of hydrogen-bond donors (Lipinski definition) is 6. The molecular weight excluding hydrogens is 967 g/mol. The van der Waals surface area contributed by atoms with Crippen LogP contribution < -0.4 is 25.3 Å². The van der Waals surface area contributed by atoms with Gasteiger partial charge in [0.2, 0.25) is 23.1 Å². The fraction of sp³-hybridized carbons (Fsp3) is 0.340. The molecule has 23 heteroatoms. The molecule has 5 aliphatic carbocycles. The van der Waals surface area contributed by atoms with E-state index in [2.05, 4.69) is 24.1 Å². The normalized spacial score (nSPS) is 27.4. The van der Waals surface area contributed by atoms with Gasteiger partial charge >= 0.3 is 5.97 Å². The number of likely N-dealkylation sites (N-methyl/N-ethyl adjacent to an activating group) is 1. The minimum Gasteiger partial charge on any atom is -0.507 e. The van der Waals surface area contributed by atoms with Gasteiger partial charge in [-0.2, -0.15) is 0 Å². The van der Waals surface area contributed by atoms with Gasteiger partial charge in [-0.1, -0.05) is 42.5 Å². The van der Waals surface area contributed by atoms with Crippen LogP contribution in [-0.4, -0.2) is 122 Å². The zero-order valence-corrected chi connectivity index (χ0v) is 41.6. The molecule has 1 heterocycles. The van der Waals surface area contributed by atoms with Crippen LogP contribution in [0, 0.1) is 23.7 Å². The number of aromatic nitrogens is 1. The maximum absolute atomic E-state index is 13.5. The van der Waals surface area contributed by atoms with E-state index in [-0.39, 0.29) is 52.1 Å². The molecule has 20 nitrogen and oxygen atoms in total. The number of amides is 1. The lowest BCUT2D eigenvalue weighted by Crippen LogP contribution is -2.73. The van der Waals surface area contributed by atoms with Crippen LogP contribution in [0.15, 0.2) is 89.0 Å². The maximum Gasteiger partial charge on any atom is 0.349 e. The highest BCUT2D eigenvalue weighted by atomic mass is 31.0. The minimum atomic E-state index is -2.62. The van der Waals surface area contributed by atoms with Crippen LogP contribution in [0.2, 0.25) is 0 Å². The van der Waals surface area contributed by atoms with E-state index in [1.165, 1.54) is 12.1 Å². The molecule has 5 unspecified atom stereocenters. The summed E-state index contributed by atoms with van der Waals surface area (Å²) in [6.45, 7) is 0. The van der Waals surface area contributed by atoms with Gasteiger partial charge in [-0.15, -0.1) is 0 Å². The Hall–Kier alpha value is -5.94. The number of para-hydroxylation sites is 1. The number of primary amides is 1. The predicted octanol–water partition coefficient (Wildman–Crippen LogP) is 3.12. The summed E-state index contributed by atoms with van der Waals surface area (Å²) in [5.74, 6) is -7.82. The Morgan fingerprint density at radius 3 is 2.17 bits per heavy atom. The molecular formula is C47H52N5O15P3. The molecule has 1 aromatic heterocycles. The number of nitrogens with two attached hydrogens (primary N) is 2. The number of Topliss-reactive ketones (excluding diaryl/α,β-unsaturated/α-hetero) is 3. The molecule has 1 amide bonds. The van der Waals surface area contributed by atoms with Crippen molar-refractivity contribution >= 4 is 74.9 Å². The van der Waals surface area contributed by atoms with E-state index in [0.29, 0.717) is 41.4 Å². The van der Waals surface area contributed by atoms with Crippen molar-refractivity contribution in [2.24, 2.45) is 29.4 Å². The Kier molecular flexibility index (Phi) is 15.1. The zero-order chi connectivity index (χ0) is 51.1. The Bertz CT molecular complexity index is 2820. The summed E-state index contributed by atoms with van der Waals surface area (Å²) >= 11 is 0. The number of benzene rings is 3. The van der Waals surface area contributed by atoms with Gasteiger partial charge < -0.3 is 59.6 Å². The van der Waals surface area contributed by atoms with Gasteiger partial charge in [0.1, 0.15) is 40.1 Å². The molecule has 0 saturated heterocycles. The third-order valence-electron chi connectivity index (χ3n) is 13.5. The van der Waals surface area contributed by atoms with E-state index in [1.807, 2.05) is 34.5 Å². The number of aromatic hydroxyl groups is 1. The van der Waals surface area contributed by atoms with Gasteiger partial charge in [0.25, 0.3) is 5.88 Å². The Labute approximate surface area is 408 Å². The molecule has 0 spiro atoms. The summed E-state index contributed by atoms with van der Waals surface area (Å²) in [6.07, 6.45) is 2.62. The molecule has 2 fully saturated rings. The number of phenols is 1. The summed E-state index contributed by atoms with van der Waals surface area (Å²) in [7, 11) is 13.1. The average molecular weight is 1020 g/mol. The lowest BCUT2D eigenvalue weighted by atomic mass is 9.54. The number of nitrogens with zero attached hydrogens (tertiary/aromatic N) is 3. The van der Waals surface area contributed by atoms with E-state index >= 15 is 0 Å². The van der Waals surface area contributed by atoms with Gasteiger partial charge in [0.15, 0.2) is 22.9 Å². The number of aliphatic hydroxyl groups excluding tert-OH is 2. The second kappa shape index (κ2) is 20.4. The molecule has 5 aliphatic rings. The molecule has 0 bridgehead atoms. The van der Waals surface area contributed by atoms with Crippen molar-refractivity contribution in [3.05, 3.63) is 112 Å². The molecule has 12 atom stereocenters. The van der Waals surface area contributed by atoms with E-state index in [0.717, 1.165) is 0 Å². The van der Waals surface area contributed by atoms with E-state index in [9.17, 15) is 49.2 Å². The van der Waals surface area contributed by atoms with Crippen LogP contribution >= 0.6 is 28.4 Å². The number of allylic oxidation sites excluding steroid dienone is 1. The fourth-order valence-electron chi connectivity index (χ4n) is 10.4. The number of fused-ring (bicyclic) bond motifs is 5. The smallest absolute Gasteiger partial charge is 0.349 e. The number of hydrogen-bond acceptors (Lipinski definition) is 19. The number of aliphatic hydroxyl groups is 3. The first kappa shape index (κ1) is 51.9. The number of rotatable bonds is 8. The molecule has 70 heavy (non-hydrogen) atoms. The van der Waals surface area contributed by atoms with Crippen molar-refractivity contribution in [3.63, 3.8) is 0 Å². The molecule has 2 saturated carbocycles. The number of phenolic OH excluding ortho intramolecular Hbond substituents is 1. The number of esters is 1. The molecule has 8 N–H and O–H groups in total. The molecule has 9 rings (SSSR count). The molecule has 0 radical (unpaired) electrons. The Morgan fingerprint density at radius 2 is 1.56 bits per heavy atom. The second-order valence-electron chi connectivity index (χ2n) is 17.7. The number of ether oxygens (including phenoxy) is 1. The van der Waals surface area contributed by atoms with Crippen molar-refractivity contribution in [1.82, 2.24) is 15.0 Å². The van der Waals surface area contributed by atoms with Gasteiger partial charge in [-0.05, 0) is 100 Å². The molecule has 370 valence electrons. The number of anilines is 1. The highest BCUT2D eigenvalue weighted by Crippen LogP contribution is 2.53. The Morgan fingerprint density at radius 1 is 0.871 bits per heavy atom. The first-order valence-corrected chi connectivity index (χ1v) is 23.0. The van der Waals surface area contributed by atoms with E-state index in [1.54, 1.807) is 79.7 Å². The Balaban J connectivity index is 0.000000161. The third-order valence-corrected chi connectivity index (χ3v) is 14.3. The lowest BCUT2D eigenvalue weighted by Gasteiger charge is -2.53. The van der Waals surface area contributed by atoms with Gasteiger partial charge in [0, 0.05) is 38.6 Å². The van der Waals surface area contributed by atoms with Crippen LogP contribution in [0.4, 0.5) is 5.69 Å². The number of carbonyl (C=O) groups excluding carboxylic acids is 6. The first-order valence-electron chi connectivity index (χ1n) is 21.6. The minimum absolute atomic E-state index is 0.0408. The summed E-state index contributed by atoms with van der Waals surface area (Å²) < 4.78 is 26.0. The predicted molar refractivity (Wildman–Crippen MR) is 260 cm³/mol. The first-order chi connectivity index (χ1) is 33.2. The highest BCUT2D eigenvalue weighted by molar-refractivity contribution is 7.10. The largest absolute Gasteiger partial charge is 0.507 e. The van der Waals surface area contributed by atoms with Crippen molar-refractivity contribution < 1.29 is 72.0 Å². The monoisotopic (exact) mass is 1020 g/mol. The summed E-state index contributed by atoms with van der Waals surface area (Å²) in [5, 5.41) is 46.9. The van der Waals surface area contributed by atoms with E-state index < -0.39 is 82.0 Å². The highest BCUT2D eigenvalue weighted by Gasteiger charge is 2.68. The second-order valence-corrected chi connectivity index (χ2v) is 18.4. The van der Waals surface area contributed by atoms with Crippen LogP contribution in [-0.2, 0) is 30.1 Å². The van der Waals surface area contributed by atoms with Crippen LogP contribution in [0.5, 0.6) is 23.1 Å². The average Bonchev–Trinajstić information content (AvgIpc) is 3.75. The number of nitrogen functional groups attached to an aromatic ring is 1. The summed E-state index contributed by atoms with van der Waals surface area (Å²) in [6, 6.07) is 17.3. The van der Waals surface area contributed by atoms with Gasteiger partial charge in [0.05, 0.1) is 36.6 Å². The number of ketones is 4. The standard InChI is InChI=1S/C21H24N2O7.C13H16N2O5P2.C13H12NO3P/c1-23(2)15-10-7-9-6-8-4-3-5-11(24)12(8)16(25)13(9)18(27)21(10,30)19(28)14(17(15)26)20(22)29;1-15(2)9-6-4-3-5-7(16)13(6,20-22)11(17)8-10(9)18-14-12(8)19-21;14-10-7-4-8-11(17-18)12(10)13(15)16-9-5-2-1-3-6-9/h3-5,9-10,14-15,17,24-26,30H,6-7H2,1-2H3,(H2,22,29);3,5-6,9H,4,21-22H2,1-2H3;1-8H,14,18H2/t9-,10-,14?,15-,17?,21-;6-,9-,13-;/m00./s1. The lowest BCUT2D eigenvalue weighted by molar-refractivity contribution is -0.184. The number of carbonyl (C=O) groups is 6. The zero-order valence-electron chi connectivity index (χ0n) is 38.2. The van der Waals surface area contributed by atoms with Crippen molar-refractivity contribution in [3.8, 4) is 23.1 Å². The van der Waals surface area contributed by atoms with Crippen LogP contribution in [0.25, 0.3) is 5.76 Å². The molecule has 4 aromatic rings. The quantitative estimate of drug-likeness (QED) is 0.0486. The van der Waals surface area contributed by atoms with Crippen LogP contribution in [0.3, 0.4) is 0 Å². The van der Waals surface area contributed by atoms with Crippen molar-refractivity contribution in [1.29, 1.82) is 0 Å². The van der Waals surface area contributed by atoms with Gasteiger partial charge in [-0.25, -0.2) is 4.79 Å². The fourth-order valence-corrected chi connectivity index (χ4v) is 11.2. The maximum atomic E-state index is 13.5. The summed E-state index contributed by atoms with van der Waals surface area (Å²) in [4.78, 5) is 79.5. The van der Waals surface area contributed by atoms with Gasteiger partial charge in [-0.3, -0.25) is 28.9 Å². The third kappa shape index (κ3) is 8.60. The van der Waals surface area contributed by atoms with Crippen LogP contribution in [0.1, 0.15) is 56.5 Å². The SMILES string of the molecule is CN(C)[C@@H]1C(O)C(C(N)=O)C(=O)[C@@]2(O)C(=O)C3=C(O)c4c(O)cccc4C[C@H]3C[C@@H]12.CN(C)[C@@H]1c2onc(OP)c2C(=O)[C@@]2(OP)C(=O)C=CC[C@@H]12.Nc1cccc(OP)c1C(=O)Oc1ccccc1. The van der Waals surface area contributed by atoms with Crippen molar-refractivity contribution in [2.75, 3.05) is 33.9 Å². The van der Waals surface area contributed by atoms with E-state index in [4.69, 9.17) is 34.3 Å². The molecule has 0 aliphatic heterocycles.